The summed E-state index contributed by atoms with van der Waals surface area (Å²) in [6.45, 7) is 6.15. The summed E-state index contributed by atoms with van der Waals surface area (Å²) in [7, 11) is 0. The van der Waals surface area contributed by atoms with Crippen LogP contribution < -0.4 is 0 Å². The molecule has 0 aromatic heterocycles. The molecule has 0 aromatic rings. The summed E-state index contributed by atoms with van der Waals surface area (Å²) in [6.07, 6.45) is 0.425. The molecular weight excluding hydrogens is 304 g/mol. The number of aliphatic carboxylic acids is 2. The lowest BCUT2D eigenvalue weighted by Crippen LogP contribution is -2.44. The van der Waals surface area contributed by atoms with Gasteiger partial charge in [-0.2, -0.15) is 0 Å². The van der Waals surface area contributed by atoms with Crippen LogP contribution in [-0.2, 0) is 19.1 Å². The largest absolute Gasteiger partial charge is 0.481 e. The first-order valence-electron chi connectivity index (χ1n) is 7.92. The Morgan fingerprint density at radius 2 is 1.78 bits per heavy atom. The normalized spacial score (nSPS) is 27.3. The van der Waals surface area contributed by atoms with Crippen molar-refractivity contribution in [3.8, 4) is 0 Å². The van der Waals surface area contributed by atoms with Crippen LogP contribution >= 0.6 is 0 Å². The Morgan fingerprint density at radius 3 is 2.26 bits per heavy atom. The highest BCUT2D eigenvalue weighted by molar-refractivity contribution is 5.88. The molecule has 3 N–H and O–H groups in total. The molecule has 1 rings (SSSR count). The molecule has 4 atom stereocenters. The van der Waals surface area contributed by atoms with E-state index in [9.17, 15) is 19.5 Å². The van der Waals surface area contributed by atoms with E-state index in [0.29, 0.717) is 18.3 Å². The Hall–Kier alpha value is -1.63. The van der Waals surface area contributed by atoms with E-state index in [0.717, 1.165) is 12.8 Å². The van der Waals surface area contributed by atoms with Crippen LogP contribution in [0.3, 0.4) is 0 Å². The summed E-state index contributed by atoms with van der Waals surface area (Å²) in [5.74, 6) is -3.20. The summed E-state index contributed by atoms with van der Waals surface area (Å²) < 4.78 is 5.41. The minimum atomic E-state index is -2.64. The molecule has 0 spiro atoms. The minimum Gasteiger partial charge on any atom is -0.481 e. The van der Waals surface area contributed by atoms with E-state index in [-0.39, 0.29) is 12.0 Å². The van der Waals surface area contributed by atoms with Gasteiger partial charge in [0.15, 0.2) is 5.60 Å². The number of aliphatic hydroxyl groups is 1. The van der Waals surface area contributed by atoms with Crippen LogP contribution in [0.4, 0.5) is 0 Å². The third kappa shape index (κ3) is 5.49. The molecule has 23 heavy (non-hydrogen) atoms. The van der Waals surface area contributed by atoms with Gasteiger partial charge in [-0.3, -0.25) is 9.59 Å². The van der Waals surface area contributed by atoms with Crippen LogP contribution in [0.1, 0.15) is 52.9 Å². The molecule has 7 heteroatoms. The second kappa shape index (κ2) is 7.77. The number of rotatable bonds is 7. The number of carbonyl (C=O) groups excluding carboxylic acids is 1. The molecule has 0 heterocycles. The predicted octanol–water partition coefficient (Wildman–Crippen LogP) is 1.67. The predicted molar refractivity (Wildman–Crippen MR) is 80.7 cm³/mol. The highest BCUT2D eigenvalue weighted by Crippen LogP contribution is 2.35. The maximum Gasteiger partial charge on any atom is 0.336 e. The summed E-state index contributed by atoms with van der Waals surface area (Å²) in [6, 6.07) is 0. The fourth-order valence-corrected chi connectivity index (χ4v) is 3.16. The molecule has 7 nitrogen and oxygen atoms in total. The van der Waals surface area contributed by atoms with Crippen molar-refractivity contribution < 1.29 is 34.4 Å². The highest BCUT2D eigenvalue weighted by atomic mass is 16.5. The maximum absolute atomic E-state index is 12.0. The second-order valence-corrected chi connectivity index (χ2v) is 6.94. The molecule has 0 aromatic carbocycles. The molecule has 0 radical (unpaired) electrons. The average Bonchev–Trinajstić information content (AvgIpc) is 2.36. The smallest absolute Gasteiger partial charge is 0.336 e. The van der Waals surface area contributed by atoms with Gasteiger partial charge in [-0.1, -0.05) is 27.2 Å². The molecule has 0 aliphatic heterocycles. The lowest BCUT2D eigenvalue weighted by Gasteiger charge is -2.37. The highest BCUT2D eigenvalue weighted by Gasteiger charge is 2.42. The van der Waals surface area contributed by atoms with Gasteiger partial charge in [0.2, 0.25) is 0 Å². The van der Waals surface area contributed by atoms with E-state index >= 15 is 0 Å². The SMILES string of the molecule is CC(C)[C@@H]1CC[C@@H](C)C[C@H]1OC(=O)CC(O)(CC(=O)O)C(=O)O. The molecule has 1 fully saturated rings. The molecular formula is C16H26O7. The first kappa shape index (κ1) is 19.4. The zero-order valence-electron chi connectivity index (χ0n) is 13.8. The maximum atomic E-state index is 12.0. The van der Waals surface area contributed by atoms with Crippen molar-refractivity contribution >= 4 is 17.9 Å². The Morgan fingerprint density at radius 1 is 1.17 bits per heavy atom. The monoisotopic (exact) mass is 330 g/mol. The van der Waals surface area contributed by atoms with Gasteiger partial charge >= 0.3 is 17.9 Å². The molecule has 132 valence electrons. The van der Waals surface area contributed by atoms with Crippen molar-refractivity contribution in [2.24, 2.45) is 17.8 Å². The van der Waals surface area contributed by atoms with Gasteiger partial charge in [-0.25, -0.2) is 4.79 Å². The topological polar surface area (TPSA) is 121 Å². The van der Waals surface area contributed by atoms with Crippen LogP contribution in [0.15, 0.2) is 0 Å². The fourth-order valence-electron chi connectivity index (χ4n) is 3.16. The van der Waals surface area contributed by atoms with Crippen LogP contribution in [0, 0.1) is 17.8 Å². The standard InChI is InChI=1S/C16H26O7/c1-9(2)11-5-4-10(3)6-12(11)23-14(19)8-16(22,15(20)21)7-13(17)18/h9-12,22H,4-8H2,1-3H3,(H,17,18)(H,20,21)/t10-,11+,12-,16?/m1/s1. The molecule has 0 bridgehead atoms. The Kier molecular flexibility index (Phi) is 6.56. The van der Waals surface area contributed by atoms with Gasteiger partial charge in [0, 0.05) is 0 Å². The number of carbonyl (C=O) groups is 3. The van der Waals surface area contributed by atoms with E-state index < -0.39 is 36.4 Å². The lowest BCUT2D eigenvalue weighted by molar-refractivity contribution is -0.176. The first-order valence-corrected chi connectivity index (χ1v) is 7.92. The quantitative estimate of drug-likeness (QED) is 0.607. The Labute approximate surface area is 135 Å². The van der Waals surface area contributed by atoms with E-state index in [2.05, 4.69) is 6.92 Å². The fraction of sp³-hybridized carbons (Fsp3) is 0.812. The van der Waals surface area contributed by atoms with Gasteiger partial charge in [-0.15, -0.1) is 0 Å². The summed E-state index contributed by atoms with van der Waals surface area (Å²) in [5, 5.41) is 27.6. The van der Waals surface area contributed by atoms with E-state index in [1.54, 1.807) is 0 Å². The van der Waals surface area contributed by atoms with Crippen molar-refractivity contribution in [3.05, 3.63) is 0 Å². The van der Waals surface area contributed by atoms with Crippen molar-refractivity contribution in [1.29, 1.82) is 0 Å². The zero-order valence-corrected chi connectivity index (χ0v) is 13.8. The molecule has 0 saturated heterocycles. The summed E-state index contributed by atoms with van der Waals surface area (Å²) >= 11 is 0. The second-order valence-electron chi connectivity index (χ2n) is 6.94. The minimum absolute atomic E-state index is 0.188. The van der Waals surface area contributed by atoms with Crippen LogP contribution in [0.2, 0.25) is 0 Å². The number of carboxylic acids is 2. The Balaban J connectivity index is 2.75. The molecule has 1 aliphatic rings. The van der Waals surface area contributed by atoms with Crippen LogP contribution in [0.25, 0.3) is 0 Å². The van der Waals surface area contributed by atoms with Crippen molar-refractivity contribution in [2.75, 3.05) is 0 Å². The van der Waals surface area contributed by atoms with Crippen molar-refractivity contribution in [3.63, 3.8) is 0 Å². The molecule has 0 amide bonds. The summed E-state index contributed by atoms with van der Waals surface area (Å²) in [4.78, 5) is 33.8. The Bertz CT molecular complexity index is 459. The number of carboxylic acid groups (broad SMARTS) is 2. The average molecular weight is 330 g/mol. The third-order valence-electron chi connectivity index (χ3n) is 4.52. The lowest BCUT2D eigenvalue weighted by atomic mass is 9.75. The van der Waals surface area contributed by atoms with E-state index in [1.807, 2.05) is 13.8 Å². The van der Waals surface area contributed by atoms with Crippen molar-refractivity contribution in [1.82, 2.24) is 0 Å². The van der Waals surface area contributed by atoms with Gasteiger partial charge < -0.3 is 20.1 Å². The number of hydrogen-bond acceptors (Lipinski definition) is 5. The zero-order chi connectivity index (χ0) is 17.8. The van der Waals surface area contributed by atoms with Gasteiger partial charge in [-0.05, 0) is 30.6 Å². The van der Waals surface area contributed by atoms with Crippen LogP contribution in [-0.4, -0.2) is 44.9 Å². The van der Waals surface area contributed by atoms with Crippen molar-refractivity contribution in [2.45, 2.75) is 64.6 Å². The van der Waals surface area contributed by atoms with E-state index in [4.69, 9.17) is 14.9 Å². The van der Waals surface area contributed by atoms with Gasteiger partial charge in [0.05, 0.1) is 12.8 Å². The van der Waals surface area contributed by atoms with Gasteiger partial charge in [0.1, 0.15) is 6.10 Å². The molecule has 1 aliphatic carbocycles. The molecule has 1 unspecified atom stereocenters. The number of hydrogen-bond donors (Lipinski definition) is 3. The number of esters is 1. The van der Waals surface area contributed by atoms with Crippen LogP contribution in [0.5, 0.6) is 0 Å². The first-order chi connectivity index (χ1) is 10.5. The van der Waals surface area contributed by atoms with Gasteiger partial charge in [0.25, 0.3) is 0 Å². The molecule has 1 saturated carbocycles. The third-order valence-corrected chi connectivity index (χ3v) is 4.52. The summed E-state index contributed by atoms with van der Waals surface area (Å²) in [5.41, 5.74) is -2.64. The number of ether oxygens (including phenoxy) is 1. The van der Waals surface area contributed by atoms with E-state index in [1.165, 1.54) is 0 Å².